The van der Waals surface area contributed by atoms with Gasteiger partial charge < -0.3 is 9.47 Å². The maximum Gasteiger partial charge on any atom is 0.417 e. The Morgan fingerprint density at radius 1 is 1.26 bits per heavy atom. The van der Waals surface area contributed by atoms with Crippen molar-refractivity contribution in [3.63, 3.8) is 0 Å². The van der Waals surface area contributed by atoms with Gasteiger partial charge in [-0.3, -0.25) is 4.79 Å². The number of rotatable bonds is 3. The molecule has 1 aromatic rings. The van der Waals surface area contributed by atoms with E-state index in [1.165, 1.54) is 18.2 Å². The zero-order valence-electron chi connectivity index (χ0n) is 9.81. The maximum absolute atomic E-state index is 12.8. The number of hydrogen-bond donors (Lipinski definition) is 0. The largest absolute Gasteiger partial charge is 0.417 e. The first-order chi connectivity index (χ1) is 9.02. The Kier molecular flexibility index (Phi) is 4.01. The molecule has 1 heterocycles. The van der Waals surface area contributed by atoms with Crippen LogP contribution in [0.15, 0.2) is 30.3 Å². The van der Waals surface area contributed by atoms with Crippen LogP contribution in [0.2, 0.25) is 0 Å². The first-order valence-electron chi connectivity index (χ1n) is 5.58. The number of alkyl halides is 3. The molecule has 0 aromatic heterocycles. The standard InChI is InChI=1S/C13H11F3O3/c14-13(15,16)11(4-5-17)9-2-1-3-10(8-9)12-18-6-7-19-12/h1-5,8,12H,6-7H2/b11-4-. The van der Waals surface area contributed by atoms with Crippen LogP contribution in [0, 0.1) is 0 Å². The first kappa shape index (κ1) is 13.8. The Labute approximate surface area is 107 Å². The lowest BCUT2D eigenvalue weighted by Gasteiger charge is -2.14. The van der Waals surface area contributed by atoms with Crippen LogP contribution in [0.1, 0.15) is 17.4 Å². The van der Waals surface area contributed by atoms with Crippen LogP contribution < -0.4 is 0 Å². The molecular formula is C13H11F3O3. The van der Waals surface area contributed by atoms with Crippen LogP contribution in [0.25, 0.3) is 5.57 Å². The topological polar surface area (TPSA) is 35.5 Å². The third kappa shape index (κ3) is 3.21. The van der Waals surface area contributed by atoms with E-state index in [9.17, 15) is 18.0 Å². The van der Waals surface area contributed by atoms with Gasteiger partial charge in [0.2, 0.25) is 0 Å². The molecule has 1 aliphatic heterocycles. The molecule has 0 aliphatic carbocycles. The van der Waals surface area contributed by atoms with Crippen LogP contribution in [0.3, 0.4) is 0 Å². The van der Waals surface area contributed by atoms with Gasteiger partial charge >= 0.3 is 6.18 Å². The van der Waals surface area contributed by atoms with E-state index in [-0.39, 0.29) is 11.8 Å². The fourth-order valence-electron chi connectivity index (χ4n) is 1.83. The van der Waals surface area contributed by atoms with Crippen molar-refractivity contribution >= 4 is 11.9 Å². The molecule has 0 amide bonds. The molecule has 1 fully saturated rings. The van der Waals surface area contributed by atoms with Crippen molar-refractivity contribution < 1.29 is 27.4 Å². The minimum absolute atomic E-state index is 0.0869. The minimum atomic E-state index is -4.59. The molecule has 2 rings (SSSR count). The fourth-order valence-corrected chi connectivity index (χ4v) is 1.83. The Hall–Kier alpha value is -1.66. The summed E-state index contributed by atoms with van der Waals surface area (Å²) in [5, 5.41) is 0. The molecule has 19 heavy (non-hydrogen) atoms. The molecule has 6 heteroatoms. The molecule has 0 spiro atoms. The highest BCUT2D eigenvalue weighted by atomic mass is 19.4. The average Bonchev–Trinajstić information content (AvgIpc) is 2.88. The highest BCUT2D eigenvalue weighted by Gasteiger charge is 2.34. The van der Waals surface area contributed by atoms with Crippen molar-refractivity contribution in [1.82, 2.24) is 0 Å². The predicted molar refractivity (Wildman–Crippen MR) is 61.2 cm³/mol. The molecule has 1 saturated heterocycles. The molecule has 102 valence electrons. The van der Waals surface area contributed by atoms with E-state index in [0.29, 0.717) is 24.9 Å². The van der Waals surface area contributed by atoms with Crippen LogP contribution in [-0.4, -0.2) is 25.7 Å². The van der Waals surface area contributed by atoms with Crippen molar-refractivity contribution in [3.05, 3.63) is 41.5 Å². The van der Waals surface area contributed by atoms with E-state index < -0.39 is 18.0 Å². The lowest BCUT2D eigenvalue weighted by Crippen LogP contribution is -2.11. The third-order valence-electron chi connectivity index (χ3n) is 2.63. The van der Waals surface area contributed by atoms with Gasteiger partial charge in [0.1, 0.15) is 6.29 Å². The van der Waals surface area contributed by atoms with E-state index in [1.807, 2.05) is 0 Å². The zero-order valence-corrected chi connectivity index (χ0v) is 9.81. The van der Waals surface area contributed by atoms with Gasteiger partial charge in [-0.2, -0.15) is 13.2 Å². The highest BCUT2D eigenvalue weighted by Crippen LogP contribution is 2.35. The number of ether oxygens (including phenoxy) is 2. The lowest BCUT2D eigenvalue weighted by atomic mass is 10.0. The molecule has 0 atom stereocenters. The number of carbonyl (C=O) groups is 1. The Bertz CT molecular complexity index is 488. The fraction of sp³-hybridized carbons (Fsp3) is 0.308. The van der Waals surface area contributed by atoms with Crippen molar-refractivity contribution in [3.8, 4) is 0 Å². The molecule has 1 aliphatic rings. The molecule has 0 radical (unpaired) electrons. The van der Waals surface area contributed by atoms with Crippen LogP contribution in [0.5, 0.6) is 0 Å². The molecule has 0 bridgehead atoms. The minimum Gasteiger partial charge on any atom is -0.346 e. The highest BCUT2D eigenvalue weighted by molar-refractivity contribution is 5.83. The summed E-state index contributed by atoms with van der Waals surface area (Å²) in [4.78, 5) is 10.4. The third-order valence-corrected chi connectivity index (χ3v) is 2.63. The summed E-state index contributed by atoms with van der Waals surface area (Å²) in [6.07, 6.45) is -4.60. The van der Waals surface area contributed by atoms with Crippen LogP contribution >= 0.6 is 0 Å². The second-order valence-corrected chi connectivity index (χ2v) is 3.91. The second-order valence-electron chi connectivity index (χ2n) is 3.91. The Balaban J connectivity index is 2.36. The summed E-state index contributed by atoms with van der Waals surface area (Å²) < 4.78 is 48.9. The SMILES string of the molecule is O=C/C=C(/c1cccc(C2OCCO2)c1)C(F)(F)F. The number of hydrogen-bond acceptors (Lipinski definition) is 3. The van der Waals surface area contributed by atoms with Gasteiger partial charge in [0.05, 0.1) is 18.8 Å². The number of halogens is 3. The number of benzene rings is 1. The molecule has 3 nitrogen and oxygen atoms in total. The molecule has 1 aromatic carbocycles. The molecule has 0 unspecified atom stereocenters. The summed E-state index contributed by atoms with van der Waals surface area (Å²) in [7, 11) is 0. The van der Waals surface area contributed by atoms with Gasteiger partial charge in [-0.15, -0.1) is 0 Å². The van der Waals surface area contributed by atoms with Crippen LogP contribution in [-0.2, 0) is 14.3 Å². The van der Waals surface area contributed by atoms with Gasteiger partial charge in [-0.25, -0.2) is 0 Å². The van der Waals surface area contributed by atoms with E-state index in [0.717, 1.165) is 0 Å². The van der Waals surface area contributed by atoms with Crippen molar-refractivity contribution in [2.75, 3.05) is 13.2 Å². The maximum atomic E-state index is 12.8. The Morgan fingerprint density at radius 3 is 2.53 bits per heavy atom. The zero-order chi connectivity index (χ0) is 13.9. The quantitative estimate of drug-likeness (QED) is 0.627. The summed E-state index contributed by atoms with van der Waals surface area (Å²) in [6, 6.07) is 5.70. The van der Waals surface area contributed by atoms with Gasteiger partial charge in [0, 0.05) is 5.56 Å². The van der Waals surface area contributed by atoms with E-state index in [1.54, 1.807) is 6.07 Å². The summed E-state index contributed by atoms with van der Waals surface area (Å²) in [5.41, 5.74) is -0.574. The van der Waals surface area contributed by atoms with Crippen molar-refractivity contribution in [1.29, 1.82) is 0 Å². The second kappa shape index (κ2) is 5.54. The van der Waals surface area contributed by atoms with Crippen molar-refractivity contribution in [2.45, 2.75) is 12.5 Å². The van der Waals surface area contributed by atoms with Gasteiger partial charge in [-0.1, -0.05) is 18.2 Å². The predicted octanol–water partition coefficient (Wildman–Crippen LogP) is 2.88. The van der Waals surface area contributed by atoms with Gasteiger partial charge in [-0.05, 0) is 17.7 Å². The monoisotopic (exact) mass is 272 g/mol. The number of carbonyl (C=O) groups excluding carboxylic acids is 1. The summed E-state index contributed by atoms with van der Waals surface area (Å²) in [6.45, 7) is 0.816. The summed E-state index contributed by atoms with van der Waals surface area (Å²) >= 11 is 0. The number of aldehydes is 1. The molecular weight excluding hydrogens is 261 g/mol. The molecule has 0 N–H and O–H groups in total. The normalized spacial score (nSPS) is 17.7. The molecule has 0 saturated carbocycles. The average molecular weight is 272 g/mol. The van der Waals surface area contributed by atoms with E-state index in [4.69, 9.17) is 9.47 Å². The van der Waals surface area contributed by atoms with E-state index >= 15 is 0 Å². The smallest absolute Gasteiger partial charge is 0.346 e. The van der Waals surface area contributed by atoms with Gasteiger partial charge in [0.25, 0.3) is 0 Å². The lowest BCUT2D eigenvalue weighted by molar-refractivity contribution is -0.104. The number of allylic oxidation sites excluding steroid dienone is 2. The van der Waals surface area contributed by atoms with E-state index in [2.05, 4.69) is 0 Å². The summed E-state index contributed by atoms with van der Waals surface area (Å²) in [5.74, 6) is 0. The van der Waals surface area contributed by atoms with Crippen LogP contribution in [0.4, 0.5) is 13.2 Å². The van der Waals surface area contributed by atoms with Gasteiger partial charge in [0.15, 0.2) is 6.29 Å². The Morgan fingerprint density at radius 2 is 1.95 bits per heavy atom. The first-order valence-corrected chi connectivity index (χ1v) is 5.58. The van der Waals surface area contributed by atoms with Crippen molar-refractivity contribution in [2.24, 2.45) is 0 Å².